The largest absolute Gasteiger partial charge is 0.383 e. The van der Waals surface area contributed by atoms with Crippen LogP contribution in [0.1, 0.15) is 26.2 Å². The quantitative estimate of drug-likeness (QED) is 0.758. The van der Waals surface area contributed by atoms with Gasteiger partial charge in [0.15, 0.2) is 0 Å². The molecule has 2 N–H and O–H groups in total. The van der Waals surface area contributed by atoms with Crippen LogP contribution in [0.5, 0.6) is 0 Å². The van der Waals surface area contributed by atoms with Gasteiger partial charge in [-0.1, -0.05) is 19.8 Å². The maximum atomic E-state index is 13.0. The van der Waals surface area contributed by atoms with E-state index in [9.17, 15) is 18.4 Å². The molecular weight excluding hydrogens is 294 g/mol. The smallest absolute Gasteiger partial charge is 0.313 e. The third kappa shape index (κ3) is 6.17. The second kappa shape index (κ2) is 9.09. The Kier molecular flexibility index (Phi) is 7.45. The van der Waals surface area contributed by atoms with Crippen LogP contribution in [0.3, 0.4) is 0 Å². The van der Waals surface area contributed by atoms with Crippen LogP contribution < -0.4 is 10.6 Å². The van der Waals surface area contributed by atoms with Crippen molar-refractivity contribution in [2.24, 2.45) is 0 Å². The van der Waals surface area contributed by atoms with Gasteiger partial charge < -0.3 is 15.4 Å². The van der Waals surface area contributed by atoms with Gasteiger partial charge >= 0.3 is 11.8 Å². The molecule has 1 atom stereocenters. The number of carbonyl (C=O) groups is 2. The van der Waals surface area contributed by atoms with Gasteiger partial charge in [0.1, 0.15) is 11.6 Å². The summed E-state index contributed by atoms with van der Waals surface area (Å²) in [6.07, 6.45) is 2.51. The number of rotatable bonds is 7. The summed E-state index contributed by atoms with van der Waals surface area (Å²) in [4.78, 5) is 23.5. The SMILES string of the molecule is CCCCC(COC)NC(=O)C(=O)Nc1cc(F)cc(F)c1. The van der Waals surface area contributed by atoms with Crippen molar-refractivity contribution in [2.45, 2.75) is 32.2 Å². The Bertz CT molecular complexity index is 503. The number of nitrogens with one attached hydrogen (secondary N) is 2. The molecule has 0 aromatic heterocycles. The maximum Gasteiger partial charge on any atom is 0.313 e. The van der Waals surface area contributed by atoms with E-state index in [1.807, 2.05) is 6.92 Å². The average molecular weight is 314 g/mol. The van der Waals surface area contributed by atoms with Gasteiger partial charge in [0, 0.05) is 18.9 Å². The van der Waals surface area contributed by atoms with Crippen molar-refractivity contribution >= 4 is 17.5 Å². The van der Waals surface area contributed by atoms with E-state index >= 15 is 0 Å². The molecule has 0 aliphatic carbocycles. The van der Waals surface area contributed by atoms with Gasteiger partial charge in [0.25, 0.3) is 0 Å². The highest BCUT2D eigenvalue weighted by atomic mass is 19.1. The number of amides is 2. The topological polar surface area (TPSA) is 67.4 Å². The number of methoxy groups -OCH3 is 1. The average Bonchev–Trinajstić information content (AvgIpc) is 2.43. The molecule has 0 spiro atoms. The molecule has 22 heavy (non-hydrogen) atoms. The molecule has 122 valence electrons. The second-order valence-corrected chi connectivity index (χ2v) is 4.88. The molecule has 0 fully saturated rings. The molecule has 0 aliphatic rings. The summed E-state index contributed by atoms with van der Waals surface area (Å²) < 4.78 is 31.0. The number of hydrogen-bond donors (Lipinski definition) is 2. The van der Waals surface area contributed by atoms with Crippen LogP contribution in [-0.2, 0) is 14.3 Å². The summed E-state index contributed by atoms with van der Waals surface area (Å²) in [6.45, 7) is 2.30. The van der Waals surface area contributed by atoms with E-state index in [4.69, 9.17) is 4.74 Å². The summed E-state index contributed by atoms with van der Waals surface area (Å²) in [5, 5.41) is 4.69. The molecule has 5 nitrogen and oxygen atoms in total. The van der Waals surface area contributed by atoms with Crippen LogP contribution in [0.2, 0.25) is 0 Å². The molecule has 1 unspecified atom stereocenters. The van der Waals surface area contributed by atoms with Gasteiger partial charge in [-0.3, -0.25) is 9.59 Å². The summed E-state index contributed by atoms with van der Waals surface area (Å²) in [6, 6.07) is 2.25. The molecule has 0 heterocycles. The first-order valence-corrected chi connectivity index (χ1v) is 7.03. The Morgan fingerprint density at radius 1 is 1.18 bits per heavy atom. The first-order valence-electron chi connectivity index (χ1n) is 7.03. The van der Waals surface area contributed by atoms with Crippen LogP contribution in [0.25, 0.3) is 0 Å². The van der Waals surface area contributed by atoms with E-state index < -0.39 is 23.4 Å². The van der Waals surface area contributed by atoms with E-state index in [2.05, 4.69) is 10.6 Å². The molecule has 7 heteroatoms. The van der Waals surface area contributed by atoms with Crippen molar-refractivity contribution in [3.8, 4) is 0 Å². The summed E-state index contributed by atoms with van der Waals surface area (Å²) in [5.41, 5.74) is -0.116. The van der Waals surface area contributed by atoms with Gasteiger partial charge in [-0.2, -0.15) is 0 Å². The van der Waals surface area contributed by atoms with E-state index in [-0.39, 0.29) is 18.3 Å². The number of hydrogen-bond acceptors (Lipinski definition) is 3. The lowest BCUT2D eigenvalue weighted by atomic mass is 10.1. The van der Waals surface area contributed by atoms with Crippen LogP contribution in [0.15, 0.2) is 18.2 Å². The van der Waals surface area contributed by atoms with Crippen LogP contribution in [-0.4, -0.2) is 31.6 Å². The van der Waals surface area contributed by atoms with E-state index in [0.717, 1.165) is 25.0 Å². The van der Waals surface area contributed by atoms with Gasteiger partial charge in [0.2, 0.25) is 0 Å². The third-order valence-corrected chi connectivity index (χ3v) is 2.94. The van der Waals surface area contributed by atoms with Gasteiger partial charge in [-0.15, -0.1) is 0 Å². The molecule has 1 rings (SSSR count). The van der Waals surface area contributed by atoms with Crippen LogP contribution in [0, 0.1) is 11.6 Å². The van der Waals surface area contributed by atoms with Gasteiger partial charge in [0.05, 0.1) is 12.6 Å². The van der Waals surface area contributed by atoms with Crippen molar-refractivity contribution < 1.29 is 23.1 Å². The van der Waals surface area contributed by atoms with Crippen molar-refractivity contribution in [1.29, 1.82) is 0 Å². The highest BCUT2D eigenvalue weighted by Gasteiger charge is 2.19. The van der Waals surface area contributed by atoms with Crippen molar-refractivity contribution in [3.63, 3.8) is 0 Å². The first-order chi connectivity index (χ1) is 10.5. The summed E-state index contributed by atoms with van der Waals surface area (Å²) in [5.74, 6) is -3.53. The standard InChI is InChI=1S/C15H20F2N2O3/c1-3-4-5-12(9-22-2)18-14(20)15(21)19-13-7-10(16)6-11(17)8-13/h6-8,12H,3-5,9H2,1-2H3,(H,18,20)(H,19,21). The summed E-state index contributed by atoms with van der Waals surface area (Å²) >= 11 is 0. The predicted octanol–water partition coefficient (Wildman–Crippen LogP) is 2.22. The number of benzene rings is 1. The lowest BCUT2D eigenvalue weighted by Gasteiger charge is -2.17. The fourth-order valence-electron chi connectivity index (χ4n) is 1.91. The zero-order chi connectivity index (χ0) is 16.5. The molecule has 1 aromatic rings. The molecular formula is C15H20F2N2O3. The number of ether oxygens (including phenoxy) is 1. The molecule has 0 radical (unpaired) electrons. The molecule has 0 saturated carbocycles. The molecule has 1 aromatic carbocycles. The fraction of sp³-hybridized carbons (Fsp3) is 0.467. The Hall–Kier alpha value is -2.02. The first kappa shape index (κ1) is 18.0. The lowest BCUT2D eigenvalue weighted by molar-refractivity contribution is -0.136. The zero-order valence-corrected chi connectivity index (χ0v) is 12.6. The van der Waals surface area contributed by atoms with Crippen molar-refractivity contribution in [2.75, 3.05) is 19.0 Å². The Morgan fingerprint density at radius 3 is 2.36 bits per heavy atom. The third-order valence-electron chi connectivity index (χ3n) is 2.94. The highest BCUT2D eigenvalue weighted by Crippen LogP contribution is 2.12. The number of carbonyl (C=O) groups excluding carboxylic acids is 2. The van der Waals surface area contributed by atoms with Crippen LogP contribution in [0.4, 0.5) is 14.5 Å². The molecule has 2 amide bonds. The van der Waals surface area contributed by atoms with E-state index in [0.29, 0.717) is 12.5 Å². The summed E-state index contributed by atoms with van der Waals surface area (Å²) in [7, 11) is 1.50. The second-order valence-electron chi connectivity index (χ2n) is 4.88. The van der Waals surface area contributed by atoms with E-state index in [1.165, 1.54) is 7.11 Å². The number of anilines is 1. The minimum absolute atomic E-state index is 0.116. The van der Waals surface area contributed by atoms with Crippen molar-refractivity contribution in [1.82, 2.24) is 5.32 Å². The molecule has 0 aliphatic heterocycles. The van der Waals surface area contributed by atoms with Gasteiger partial charge in [-0.05, 0) is 18.6 Å². The monoisotopic (exact) mass is 314 g/mol. The van der Waals surface area contributed by atoms with E-state index in [1.54, 1.807) is 0 Å². The number of halogens is 2. The Morgan fingerprint density at radius 2 is 1.82 bits per heavy atom. The zero-order valence-electron chi connectivity index (χ0n) is 12.6. The maximum absolute atomic E-state index is 13.0. The minimum atomic E-state index is -0.984. The molecule has 0 bridgehead atoms. The van der Waals surface area contributed by atoms with Gasteiger partial charge in [-0.25, -0.2) is 8.78 Å². The highest BCUT2D eigenvalue weighted by molar-refractivity contribution is 6.39. The minimum Gasteiger partial charge on any atom is -0.383 e. The fourth-order valence-corrected chi connectivity index (χ4v) is 1.91. The van der Waals surface area contributed by atoms with Crippen molar-refractivity contribution in [3.05, 3.63) is 29.8 Å². The number of unbranched alkanes of at least 4 members (excludes halogenated alkanes) is 1. The normalized spacial score (nSPS) is 11.8. The predicted molar refractivity (Wildman–Crippen MR) is 78.3 cm³/mol. The van der Waals surface area contributed by atoms with Crippen LogP contribution >= 0.6 is 0 Å². The Balaban J connectivity index is 2.61. The lowest BCUT2D eigenvalue weighted by Crippen LogP contribution is -2.43. The molecule has 0 saturated heterocycles. The Labute approximate surface area is 128 Å².